The molecular formula is C30H45N3O3. The fourth-order valence-electron chi connectivity index (χ4n) is 4.25. The molecule has 198 valence electrons. The Labute approximate surface area is 218 Å². The minimum Gasteiger partial charge on any atom is -0.494 e. The second-order valence-electron chi connectivity index (χ2n) is 9.15. The van der Waals surface area contributed by atoms with E-state index in [0.717, 1.165) is 56.6 Å². The van der Waals surface area contributed by atoms with Gasteiger partial charge in [0.1, 0.15) is 11.8 Å². The van der Waals surface area contributed by atoms with Gasteiger partial charge in [0, 0.05) is 25.1 Å². The summed E-state index contributed by atoms with van der Waals surface area (Å²) in [5, 5.41) is 3.00. The van der Waals surface area contributed by atoms with Crippen LogP contribution in [0.4, 0.5) is 0 Å². The van der Waals surface area contributed by atoms with Crippen molar-refractivity contribution in [3.63, 3.8) is 0 Å². The minimum absolute atomic E-state index is 0.0310. The lowest BCUT2D eigenvalue weighted by Crippen LogP contribution is -2.50. The van der Waals surface area contributed by atoms with Gasteiger partial charge < -0.3 is 19.9 Å². The Bertz CT molecular complexity index is 876. The van der Waals surface area contributed by atoms with Crippen LogP contribution < -0.4 is 10.1 Å². The number of hydrogen-bond donors (Lipinski definition) is 1. The average Bonchev–Trinajstić information content (AvgIpc) is 2.91. The van der Waals surface area contributed by atoms with E-state index >= 15 is 0 Å². The zero-order chi connectivity index (χ0) is 26.2. The summed E-state index contributed by atoms with van der Waals surface area (Å²) >= 11 is 0. The number of rotatable bonds is 17. The van der Waals surface area contributed by atoms with Crippen LogP contribution in [0.3, 0.4) is 0 Å². The van der Waals surface area contributed by atoms with Crippen molar-refractivity contribution in [3.8, 4) is 5.75 Å². The second kappa shape index (κ2) is 16.7. The number of unbranched alkanes of at least 4 members (excludes halogenated alkanes) is 1. The van der Waals surface area contributed by atoms with Gasteiger partial charge in [-0.05, 0) is 75.1 Å². The molecule has 0 aromatic heterocycles. The lowest BCUT2D eigenvalue weighted by atomic mass is 10.0. The van der Waals surface area contributed by atoms with Gasteiger partial charge >= 0.3 is 0 Å². The number of ether oxygens (including phenoxy) is 1. The molecule has 0 saturated heterocycles. The third-order valence-electron chi connectivity index (χ3n) is 6.33. The molecular weight excluding hydrogens is 450 g/mol. The SMILES string of the molecule is CCCN(CCC)C(=O)[C@H](Cc1ccc(OCCCCN(CC)CC)cc1)NC(=O)c1ccccc1. The van der Waals surface area contributed by atoms with Gasteiger partial charge in [0.15, 0.2) is 0 Å². The zero-order valence-electron chi connectivity index (χ0n) is 22.7. The Morgan fingerprint density at radius 3 is 2.06 bits per heavy atom. The summed E-state index contributed by atoms with van der Waals surface area (Å²) in [6, 6.07) is 16.3. The van der Waals surface area contributed by atoms with Crippen molar-refractivity contribution in [3.05, 3.63) is 65.7 Å². The van der Waals surface area contributed by atoms with E-state index < -0.39 is 6.04 Å². The van der Waals surface area contributed by atoms with Crippen LogP contribution >= 0.6 is 0 Å². The molecule has 0 aliphatic heterocycles. The van der Waals surface area contributed by atoms with E-state index in [1.807, 2.05) is 47.4 Å². The van der Waals surface area contributed by atoms with Gasteiger partial charge in [-0.15, -0.1) is 0 Å². The first-order valence-corrected chi connectivity index (χ1v) is 13.6. The maximum atomic E-state index is 13.4. The third-order valence-corrected chi connectivity index (χ3v) is 6.33. The fourth-order valence-corrected chi connectivity index (χ4v) is 4.25. The monoisotopic (exact) mass is 495 g/mol. The molecule has 0 saturated carbocycles. The summed E-state index contributed by atoms with van der Waals surface area (Å²) in [7, 11) is 0. The van der Waals surface area contributed by atoms with Crippen LogP contribution in [0, 0.1) is 0 Å². The second-order valence-corrected chi connectivity index (χ2v) is 9.15. The van der Waals surface area contributed by atoms with E-state index in [2.05, 4.69) is 37.9 Å². The summed E-state index contributed by atoms with van der Waals surface area (Å²) in [5.74, 6) is 0.569. The maximum absolute atomic E-state index is 13.4. The van der Waals surface area contributed by atoms with Crippen molar-refractivity contribution in [1.29, 1.82) is 0 Å². The van der Waals surface area contributed by atoms with E-state index in [4.69, 9.17) is 4.74 Å². The first-order chi connectivity index (χ1) is 17.5. The van der Waals surface area contributed by atoms with E-state index in [1.165, 1.54) is 0 Å². The van der Waals surface area contributed by atoms with Gasteiger partial charge in [0.05, 0.1) is 6.61 Å². The van der Waals surface area contributed by atoms with Crippen molar-refractivity contribution in [2.24, 2.45) is 0 Å². The van der Waals surface area contributed by atoms with E-state index in [-0.39, 0.29) is 11.8 Å². The molecule has 0 fully saturated rings. The van der Waals surface area contributed by atoms with E-state index in [0.29, 0.717) is 31.7 Å². The fraction of sp³-hybridized carbons (Fsp3) is 0.533. The van der Waals surface area contributed by atoms with E-state index in [1.54, 1.807) is 12.1 Å². The van der Waals surface area contributed by atoms with Crippen molar-refractivity contribution < 1.29 is 14.3 Å². The first kappa shape index (κ1) is 29.4. The van der Waals surface area contributed by atoms with Crippen LogP contribution in [0.15, 0.2) is 54.6 Å². The van der Waals surface area contributed by atoms with Crippen LogP contribution in [-0.4, -0.2) is 67.0 Å². The standard InChI is InChI=1S/C30H45N3O3/c1-5-20-33(21-6-2)30(35)28(31-29(34)26-14-10-9-11-15-26)24-25-16-18-27(19-17-25)36-23-13-12-22-32(7-3)8-4/h9-11,14-19,28H,5-8,12-13,20-24H2,1-4H3,(H,31,34)/t28-/m0/s1. The quantitative estimate of drug-likeness (QED) is 0.307. The van der Waals surface area contributed by atoms with Crippen LogP contribution in [0.5, 0.6) is 5.75 Å². The van der Waals surface area contributed by atoms with Crippen LogP contribution in [0.2, 0.25) is 0 Å². The number of amides is 2. The Morgan fingerprint density at radius 2 is 1.47 bits per heavy atom. The Balaban J connectivity index is 2.01. The lowest BCUT2D eigenvalue weighted by Gasteiger charge is -2.27. The highest BCUT2D eigenvalue weighted by Gasteiger charge is 2.26. The van der Waals surface area contributed by atoms with Crippen LogP contribution in [0.25, 0.3) is 0 Å². The molecule has 6 heteroatoms. The third kappa shape index (κ3) is 10.0. The summed E-state index contributed by atoms with van der Waals surface area (Å²) in [5.41, 5.74) is 1.54. The van der Waals surface area contributed by atoms with Gasteiger partial charge in [-0.3, -0.25) is 9.59 Å². The number of nitrogens with one attached hydrogen (secondary N) is 1. The molecule has 2 aromatic rings. The maximum Gasteiger partial charge on any atom is 0.251 e. The normalized spacial score (nSPS) is 11.8. The van der Waals surface area contributed by atoms with Gasteiger partial charge in [0.2, 0.25) is 5.91 Å². The largest absolute Gasteiger partial charge is 0.494 e. The molecule has 6 nitrogen and oxygen atoms in total. The molecule has 2 rings (SSSR count). The first-order valence-electron chi connectivity index (χ1n) is 13.6. The highest BCUT2D eigenvalue weighted by Crippen LogP contribution is 2.16. The molecule has 2 amide bonds. The number of benzene rings is 2. The number of carbonyl (C=O) groups excluding carboxylic acids is 2. The van der Waals surface area contributed by atoms with Gasteiger partial charge in [-0.1, -0.05) is 58.0 Å². The van der Waals surface area contributed by atoms with Crippen molar-refractivity contribution >= 4 is 11.8 Å². The van der Waals surface area contributed by atoms with Gasteiger partial charge in [-0.25, -0.2) is 0 Å². The predicted molar refractivity (Wildman–Crippen MR) is 148 cm³/mol. The summed E-state index contributed by atoms with van der Waals surface area (Å²) < 4.78 is 5.92. The molecule has 36 heavy (non-hydrogen) atoms. The van der Waals surface area contributed by atoms with Crippen molar-refractivity contribution in [2.75, 3.05) is 39.3 Å². The molecule has 1 atom stereocenters. The topological polar surface area (TPSA) is 61.9 Å². The molecule has 1 N–H and O–H groups in total. The van der Waals surface area contributed by atoms with Crippen molar-refractivity contribution in [2.45, 2.75) is 65.8 Å². The predicted octanol–water partition coefficient (Wildman–Crippen LogP) is 5.18. The number of carbonyl (C=O) groups is 2. The smallest absolute Gasteiger partial charge is 0.251 e. The average molecular weight is 496 g/mol. The molecule has 0 spiro atoms. The highest BCUT2D eigenvalue weighted by molar-refractivity contribution is 5.97. The Hall–Kier alpha value is -2.86. The molecule has 0 heterocycles. The molecule has 2 aromatic carbocycles. The summed E-state index contributed by atoms with van der Waals surface area (Å²) in [4.78, 5) is 30.6. The van der Waals surface area contributed by atoms with E-state index in [9.17, 15) is 9.59 Å². The molecule has 0 bridgehead atoms. The zero-order valence-corrected chi connectivity index (χ0v) is 22.7. The Morgan fingerprint density at radius 1 is 0.833 bits per heavy atom. The van der Waals surface area contributed by atoms with Crippen LogP contribution in [0.1, 0.15) is 69.3 Å². The van der Waals surface area contributed by atoms with Gasteiger partial charge in [0.25, 0.3) is 5.91 Å². The minimum atomic E-state index is -0.623. The highest BCUT2D eigenvalue weighted by atomic mass is 16.5. The molecule has 0 unspecified atom stereocenters. The van der Waals surface area contributed by atoms with Crippen LogP contribution in [-0.2, 0) is 11.2 Å². The molecule has 0 aliphatic rings. The molecule has 0 radical (unpaired) electrons. The summed E-state index contributed by atoms with van der Waals surface area (Å²) in [6.07, 6.45) is 4.34. The van der Waals surface area contributed by atoms with Gasteiger partial charge in [-0.2, -0.15) is 0 Å². The van der Waals surface area contributed by atoms with Crippen molar-refractivity contribution in [1.82, 2.24) is 15.1 Å². The number of nitrogens with zero attached hydrogens (tertiary/aromatic N) is 2. The number of hydrogen-bond acceptors (Lipinski definition) is 4. The lowest BCUT2D eigenvalue weighted by molar-refractivity contribution is -0.133. The summed E-state index contributed by atoms with van der Waals surface area (Å²) in [6.45, 7) is 13.9. The molecule has 0 aliphatic carbocycles. The Kier molecular flexibility index (Phi) is 13.7.